The molecule has 2 aromatic carbocycles. The molecule has 5 heteroatoms. The van der Waals surface area contributed by atoms with Crippen molar-refractivity contribution in [2.24, 2.45) is 5.10 Å². The maximum atomic E-state index is 12.7. The number of hydrogen-bond donors (Lipinski definition) is 0. The third-order valence-corrected chi connectivity index (χ3v) is 4.69. The van der Waals surface area contributed by atoms with Crippen molar-refractivity contribution in [3.8, 4) is 0 Å². The number of benzene rings is 2. The number of thiazole rings is 1. The first-order valence-electron chi connectivity index (χ1n) is 7.28. The minimum atomic E-state index is -0.134. The van der Waals surface area contributed by atoms with Gasteiger partial charge in [0.2, 0.25) is 5.13 Å². The number of nitrogens with zero attached hydrogens (tertiary/aromatic N) is 3. The number of fused-ring (bicyclic) bond motifs is 1. The predicted molar refractivity (Wildman–Crippen MR) is 93.8 cm³/mol. The van der Waals surface area contributed by atoms with E-state index in [1.807, 2.05) is 67.6 Å². The highest BCUT2D eigenvalue weighted by Crippen LogP contribution is 2.32. The van der Waals surface area contributed by atoms with Crippen LogP contribution >= 0.6 is 11.3 Å². The number of carbonyl (C=O) groups excluding carboxylic acids is 1. The van der Waals surface area contributed by atoms with Gasteiger partial charge in [-0.25, -0.2) is 4.98 Å². The monoisotopic (exact) mass is 319 g/mol. The topological polar surface area (TPSA) is 45.6 Å². The molecule has 0 bridgehead atoms. The van der Waals surface area contributed by atoms with Gasteiger partial charge in [0, 0.05) is 5.56 Å². The molecule has 1 amide bonds. The molecule has 1 aromatic heterocycles. The lowest BCUT2D eigenvalue weighted by molar-refractivity contribution is -0.114. The minimum Gasteiger partial charge on any atom is -0.267 e. The van der Waals surface area contributed by atoms with Gasteiger partial charge in [-0.15, -0.1) is 0 Å². The van der Waals surface area contributed by atoms with Crippen LogP contribution in [0.1, 0.15) is 12.5 Å². The van der Waals surface area contributed by atoms with Crippen LogP contribution in [-0.4, -0.2) is 16.6 Å². The summed E-state index contributed by atoms with van der Waals surface area (Å²) in [5.74, 6) is -0.134. The van der Waals surface area contributed by atoms with Crippen LogP contribution < -0.4 is 5.01 Å². The van der Waals surface area contributed by atoms with Crippen molar-refractivity contribution >= 4 is 38.3 Å². The van der Waals surface area contributed by atoms with Gasteiger partial charge in [0.15, 0.2) is 0 Å². The van der Waals surface area contributed by atoms with Gasteiger partial charge in [-0.3, -0.25) is 4.79 Å². The molecular weight excluding hydrogens is 306 g/mol. The van der Waals surface area contributed by atoms with Crippen molar-refractivity contribution in [1.82, 2.24) is 4.98 Å². The summed E-state index contributed by atoms with van der Waals surface area (Å²) in [6, 6.07) is 17.6. The second kappa shape index (κ2) is 5.44. The van der Waals surface area contributed by atoms with Crippen molar-refractivity contribution in [1.29, 1.82) is 0 Å². The fourth-order valence-electron chi connectivity index (χ4n) is 2.56. The summed E-state index contributed by atoms with van der Waals surface area (Å²) in [6.07, 6.45) is 1.81. The third kappa shape index (κ3) is 2.26. The number of anilines is 1. The number of hydrogen-bond acceptors (Lipinski definition) is 4. The molecule has 23 heavy (non-hydrogen) atoms. The molecule has 2 heterocycles. The van der Waals surface area contributed by atoms with Gasteiger partial charge in [-0.1, -0.05) is 59.9 Å². The van der Waals surface area contributed by atoms with Gasteiger partial charge in [0.05, 0.1) is 15.8 Å². The van der Waals surface area contributed by atoms with Gasteiger partial charge >= 0.3 is 0 Å². The lowest BCUT2D eigenvalue weighted by Crippen LogP contribution is -2.21. The number of carbonyl (C=O) groups is 1. The number of allylic oxidation sites excluding steroid dienone is 1. The van der Waals surface area contributed by atoms with Crippen LogP contribution in [0.25, 0.3) is 10.2 Å². The molecule has 1 aliphatic heterocycles. The first-order valence-corrected chi connectivity index (χ1v) is 8.10. The molecule has 112 valence electrons. The molecule has 0 spiro atoms. The van der Waals surface area contributed by atoms with Gasteiger partial charge in [-0.05, 0) is 19.1 Å². The summed E-state index contributed by atoms with van der Waals surface area (Å²) >= 11 is 1.47. The molecule has 0 N–H and O–H groups in total. The summed E-state index contributed by atoms with van der Waals surface area (Å²) < 4.78 is 1.04. The van der Waals surface area contributed by atoms with E-state index in [0.29, 0.717) is 16.4 Å². The third-order valence-electron chi connectivity index (χ3n) is 3.68. The van der Waals surface area contributed by atoms with Gasteiger partial charge in [-0.2, -0.15) is 10.1 Å². The quantitative estimate of drug-likeness (QED) is 0.670. The zero-order valence-corrected chi connectivity index (χ0v) is 13.2. The summed E-state index contributed by atoms with van der Waals surface area (Å²) in [6.45, 7) is 1.85. The summed E-state index contributed by atoms with van der Waals surface area (Å²) in [4.78, 5) is 17.2. The van der Waals surface area contributed by atoms with E-state index in [0.717, 1.165) is 15.8 Å². The van der Waals surface area contributed by atoms with Crippen molar-refractivity contribution in [3.63, 3.8) is 0 Å². The number of amides is 1. The fraction of sp³-hybridized carbons (Fsp3) is 0.0556. The van der Waals surface area contributed by atoms with Crippen LogP contribution in [0.3, 0.4) is 0 Å². The molecule has 4 nitrogen and oxygen atoms in total. The predicted octanol–water partition coefficient (Wildman–Crippen LogP) is 3.99. The Bertz CT molecular complexity index is 924. The van der Waals surface area contributed by atoms with Crippen LogP contribution in [0.4, 0.5) is 5.13 Å². The summed E-state index contributed by atoms with van der Waals surface area (Å²) in [5, 5.41) is 6.54. The maximum Gasteiger partial charge on any atom is 0.282 e. The van der Waals surface area contributed by atoms with Gasteiger partial charge in [0.1, 0.15) is 5.71 Å². The summed E-state index contributed by atoms with van der Waals surface area (Å²) in [7, 11) is 0. The Morgan fingerprint density at radius 1 is 1.04 bits per heavy atom. The van der Waals surface area contributed by atoms with E-state index >= 15 is 0 Å². The molecular formula is C18H13N3OS. The van der Waals surface area contributed by atoms with Crippen molar-refractivity contribution < 1.29 is 4.79 Å². The lowest BCUT2D eigenvalue weighted by atomic mass is 10.0. The van der Waals surface area contributed by atoms with Crippen molar-refractivity contribution in [3.05, 3.63) is 71.8 Å². The molecule has 1 aliphatic rings. The molecule has 0 unspecified atom stereocenters. The zero-order valence-electron chi connectivity index (χ0n) is 12.4. The van der Waals surface area contributed by atoms with Gasteiger partial charge < -0.3 is 0 Å². The lowest BCUT2D eigenvalue weighted by Gasteiger charge is -2.05. The van der Waals surface area contributed by atoms with Gasteiger partial charge in [0.25, 0.3) is 5.91 Å². The molecule has 0 atom stereocenters. The normalized spacial score (nSPS) is 16.4. The largest absolute Gasteiger partial charge is 0.282 e. The number of hydrazone groups is 1. The van der Waals surface area contributed by atoms with E-state index in [1.165, 1.54) is 16.3 Å². The summed E-state index contributed by atoms with van der Waals surface area (Å²) in [5.41, 5.74) is 3.11. The molecule has 0 fully saturated rings. The van der Waals surface area contributed by atoms with Crippen LogP contribution in [0, 0.1) is 0 Å². The second-order valence-corrected chi connectivity index (χ2v) is 6.11. The first kappa shape index (κ1) is 13.8. The minimum absolute atomic E-state index is 0.134. The average molecular weight is 319 g/mol. The number of aromatic nitrogens is 1. The van der Waals surface area contributed by atoms with Crippen LogP contribution in [-0.2, 0) is 4.79 Å². The smallest absolute Gasteiger partial charge is 0.267 e. The molecule has 0 aliphatic carbocycles. The SMILES string of the molecule is C/C=C1/C(=O)N(c2nc3ccccc3s2)N=C1c1ccccc1. The van der Waals surface area contributed by atoms with E-state index in [4.69, 9.17) is 0 Å². The fourth-order valence-corrected chi connectivity index (χ4v) is 3.48. The van der Waals surface area contributed by atoms with E-state index in [9.17, 15) is 4.79 Å². The number of rotatable bonds is 2. The maximum absolute atomic E-state index is 12.7. The highest BCUT2D eigenvalue weighted by atomic mass is 32.1. The molecule has 0 saturated carbocycles. The second-order valence-electron chi connectivity index (χ2n) is 5.10. The van der Waals surface area contributed by atoms with E-state index < -0.39 is 0 Å². The highest BCUT2D eigenvalue weighted by molar-refractivity contribution is 7.22. The molecule has 3 aromatic rings. The van der Waals surface area contributed by atoms with Crippen LogP contribution in [0.15, 0.2) is 71.3 Å². The Morgan fingerprint density at radius 3 is 2.52 bits per heavy atom. The molecule has 0 radical (unpaired) electrons. The Labute approximate surface area is 137 Å². The highest BCUT2D eigenvalue weighted by Gasteiger charge is 2.33. The Balaban J connectivity index is 1.82. The average Bonchev–Trinajstić information content (AvgIpc) is 3.16. The molecule has 4 rings (SSSR count). The number of para-hydroxylation sites is 1. The standard InChI is InChI=1S/C18H13N3OS/c1-2-13-16(12-8-4-3-5-9-12)20-21(17(13)22)18-19-14-10-6-7-11-15(14)23-18/h2-11H,1H3/b13-2+. The van der Waals surface area contributed by atoms with Crippen molar-refractivity contribution in [2.45, 2.75) is 6.92 Å². The van der Waals surface area contributed by atoms with E-state index in [1.54, 1.807) is 0 Å². The van der Waals surface area contributed by atoms with E-state index in [2.05, 4.69) is 10.1 Å². The first-order chi connectivity index (χ1) is 11.3. The van der Waals surface area contributed by atoms with Crippen molar-refractivity contribution in [2.75, 3.05) is 5.01 Å². The molecule has 0 saturated heterocycles. The van der Waals surface area contributed by atoms with Crippen LogP contribution in [0.5, 0.6) is 0 Å². The zero-order chi connectivity index (χ0) is 15.8. The Kier molecular flexibility index (Phi) is 3.28. The Hall–Kier alpha value is -2.79. The Morgan fingerprint density at radius 2 is 1.78 bits per heavy atom. The van der Waals surface area contributed by atoms with E-state index in [-0.39, 0.29) is 5.91 Å². The van der Waals surface area contributed by atoms with Crippen LogP contribution in [0.2, 0.25) is 0 Å².